The summed E-state index contributed by atoms with van der Waals surface area (Å²) in [5.74, 6) is -2.31. The van der Waals surface area contributed by atoms with E-state index in [1.165, 1.54) is 17.5 Å². The standard InChI is InChI=1S/C47H60N6O8.C2HF3O2/c54-40-14-13-36(46-45(40)49-42(55)32-59-46)15-20-48-21-24-53(37-9-2-1-3-10-37)43(56)17-27-58-26-16-34-7-6-8-35(29-34)31-51-22-18-47(19-23-51)33-52(25-28-60-47)44(57)30-39-38-11-4-5-12-41(38)61-50-39;3-2(4,5)1(6)7/h4-8,11-14,29,37,48,54H,1-3,9-10,15-28,30-33H2,(H,49,55);(H,6,7). The van der Waals surface area contributed by atoms with Crippen LogP contribution in [0.4, 0.5) is 18.9 Å². The summed E-state index contributed by atoms with van der Waals surface area (Å²) in [5.41, 5.74) is 4.81. The van der Waals surface area contributed by atoms with Gasteiger partial charge >= 0.3 is 12.1 Å². The highest BCUT2D eigenvalue weighted by Gasteiger charge is 2.41. The summed E-state index contributed by atoms with van der Waals surface area (Å²) < 4.78 is 55.2. The smallest absolute Gasteiger partial charge is 0.490 e. The van der Waals surface area contributed by atoms with E-state index in [0.717, 1.165) is 75.5 Å². The maximum Gasteiger partial charge on any atom is 0.490 e. The summed E-state index contributed by atoms with van der Waals surface area (Å²) in [6, 6.07) is 20.0. The van der Waals surface area contributed by atoms with Crippen LogP contribution in [0, 0.1) is 0 Å². The molecule has 0 unspecified atom stereocenters. The van der Waals surface area contributed by atoms with Crippen molar-refractivity contribution in [2.45, 2.75) is 95.0 Å². The second-order valence-corrected chi connectivity index (χ2v) is 17.8. The molecule has 0 bridgehead atoms. The third-order valence-electron chi connectivity index (χ3n) is 13.0. The number of halogens is 3. The molecule has 3 aromatic carbocycles. The highest BCUT2D eigenvalue weighted by atomic mass is 19.4. The van der Waals surface area contributed by atoms with Crippen LogP contribution in [0.2, 0.25) is 0 Å². The van der Waals surface area contributed by atoms with Gasteiger partial charge in [-0.25, -0.2) is 4.79 Å². The summed E-state index contributed by atoms with van der Waals surface area (Å²) in [7, 11) is 0. The number of amides is 3. The van der Waals surface area contributed by atoms with Crippen molar-refractivity contribution in [2.24, 2.45) is 0 Å². The number of ether oxygens (including phenoxy) is 3. The monoisotopic (exact) mass is 950 g/mol. The molecule has 0 atom stereocenters. The Morgan fingerprint density at radius 2 is 1.72 bits per heavy atom. The largest absolute Gasteiger partial charge is 0.506 e. The van der Waals surface area contributed by atoms with Gasteiger partial charge in [-0.3, -0.25) is 19.3 Å². The van der Waals surface area contributed by atoms with Gasteiger partial charge in [0.2, 0.25) is 11.8 Å². The second kappa shape index (κ2) is 23.5. The van der Waals surface area contributed by atoms with Crippen molar-refractivity contribution in [3.8, 4) is 11.5 Å². The third-order valence-corrected chi connectivity index (χ3v) is 13.0. The number of carboxylic acids is 1. The zero-order valence-corrected chi connectivity index (χ0v) is 38.2. The Bertz CT molecular complexity index is 2350. The van der Waals surface area contributed by atoms with E-state index in [1.807, 2.05) is 35.2 Å². The second-order valence-electron chi connectivity index (χ2n) is 17.8. The number of nitrogens with zero attached hydrogens (tertiary/aromatic N) is 4. The summed E-state index contributed by atoms with van der Waals surface area (Å²) in [4.78, 5) is 54.1. The number of carbonyl (C=O) groups is 4. The lowest BCUT2D eigenvalue weighted by Gasteiger charge is -2.47. The molecule has 2 saturated heterocycles. The normalized spacial score (nSPS) is 17.5. The van der Waals surface area contributed by atoms with E-state index in [2.05, 4.69) is 49.9 Å². The number of nitrogens with one attached hydrogen (secondary N) is 2. The van der Waals surface area contributed by atoms with Crippen LogP contribution in [-0.2, 0) is 54.5 Å². The molecule has 1 aromatic heterocycles. The SMILES string of the molecule is O=C(O)C(F)(F)F.O=C1COc2c(CCNCCN(C(=O)CCOCCc3cccc(CN4CCC5(CC4)CN(C(=O)Cc4noc6ccccc46)CCO5)c3)C3CCCCC3)ccc(O)c2N1. The predicted octanol–water partition coefficient (Wildman–Crippen LogP) is 5.88. The van der Waals surface area contributed by atoms with E-state index in [9.17, 15) is 32.7 Å². The maximum absolute atomic E-state index is 13.6. The van der Waals surface area contributed by atoms with Crippen LogP contribution in [0.5, 0.6) is 11.5 Å². The summed E-state index contributed by atoms with van der Waals surface area (Å²) in [6.07, 6.45) is 4.33. The van der Waals surface area contributed by atoms with Crippen molar-refractivity contribution >= 4 is 40.3 Å². The molecule has 0 radical (unpaired) electrons. The maximum atomic E-state index is 13.6. The van der Waals surface area contributed by atoms with Gasteiger partial charge in [0, 0.05) is 57.2 Å². The lowest BCUT2D eigenvalue weighted by Crippen LogP contribution is -2.58. The number of carbonyl (C=O) groups excluding carboxylic acids is 3. The zero-order chi connectivity index (χ0) is 48.1. The van der Waals surface area contributed by atoms with E-state index in [1.54, 1.807) is 6.07 Å². The van der Waals surface area contributed by atoms with E-state index in [0.29, 0.717) is 88.1 Å². The third kappa shape index (κ3) is 13.7. The molecule has 4 aliphatic rings. The molecule has 4 aromatic rings. The number of alkyl halides is 3. The molecule has 19 heteroatoms. The lowest BCUT2D eigenvalue weighted by atomic mass is 9.89. The first-order valence-electron chi connectivity index (χ1n) is 23.5. The molecule has 1 spiro atoms. The van der Waals surface area contributed by atoms with Gasteiger partial charge < -0.3 is 49.4 Å². The number of aliphatic carboxylic acids is 1. The number of aromatic hydroxyl groups is 1. The van der Waals surface area contributed by atoms with Crippen molar-refractivity contribution in [3.63, 3.8) is 0 Å². The first-order valence-corrected chi connectivity index (χ1v) is 23.5. The van der Waals surface area contributed by atoms with Crippen LogP contribution in [0.3, 0.4) is 0 Å². The fourth-order valence-electron chi connectivity index (χ4n) is 9.40. The molecule has 3 fully saturated rings. The zero-order valence-electron chi connectivity index (χ0n) is 38.2. The van der Waals surface area contributed by atoms with Gasteiger partial charge in [-0.1, -0.05) is 66.9 Å². The van der Waals surface area contributed by atoms with E-state index < -0.39 is 12.1 Å². The summed E-state index contributed by atoms with van der Waals surface area (Å²) in [5, 5.41) is 28.5. The fraction of sp³-hybridized carbons (Fsp3) is 0.531. The quantitative estimate of drug-likeness (QED) is 0.0725. The molecule has 16 nitrogen and oxygen atoms in total. The Hall–Kier alpha value is -5.76. The van der Waals surface area contributed by atoms with Gasteiger partial charge in [0.25, 0.3) is 5.91 Å². The number of hydrogen-bond acceptors (Lipinski definition) is 12. The minimum atomic E-state index is -5.08. The van der Waals surface area contributed by atoms with Gasteiger partial charge in [0.1, 0.15) is 17.1 Å². The van der Waals surface area contributed by atoms with E-state index in [4.69, 9.17) is 28.6 Å². The van der Waals surface area contributed by atoms with Crippen molar-refractivity contribution in [2.75, 3.05) is 77.6 Å². The number of hydrogen-bond donors (Lipinski definition) is 4. The summed E-state index contributed by atoms with van der Waals surface area (Å²) >= 11 is 0. The lowest BCUT2D eigenvalue weighted by molar-refractivity contribution is -0.192. The number of likely N-dealkylation sites (tertiary alicyclic amines) is 1. The Labute approximate surface area is 393 Å². The fourth-order valence-corrected chi connectivity index (χ4v) is 9.40. The Morgan fingerprint density at radius 3 is 2.50 bits per heavy atom. The molecule has 1 saturated carbocycles. The number of rotatable bonds is 17. The van der Waals surface area contributed by atoms with Crippen molar-refractivity contribution < 1.29 is 61.3 Å². The van der Waals surface area contributed by atoms with E-state index >= 15 is 0 Å². The highest BCUT2D eigenvalue weighted by molar-refractivity contribution is 5.97. The van der Waals surface area contributed by atoms with Crippen LogP contribution in [0.1, 0.15) is 73.8 Å². The van der Waals surface area contributed by atoms with Gasteiger partial charge in [-0.15, -0.1) is 0 Å². The molecule has 1 aliphatic carbocycles. The Kier molecular flexibility index (Phi) is 17.3. The predicted molar refractivity (Wildman–Crippen MR) is 244 cm³/mol. The first kappa shape index (κ1) is 50.1. The first-order chi connectivity index (χ1) is 32.8. The molecule has 3 amide bonds. The van der Waals surface area contributed by atoms with Crippen LogP contribution < -0.4 is 15.4 Å². The summed E-state index contributed by atoms with van der Waals surface area (Å²) in [6.45, 7) is 7.30. The average molecular weight is 951 g/mol. The molecular weight excluding hydrogens is 890 g/mol. The average Bonchev–Trinajstić information content (AvgIpc) is 3.74. The number of aromatic nitrogens is 1. The van der Waals surface area contributed by atoms with Crippen LogP contribution in [0.25, 0.3) is 11.0 Å². The minimum absolute atomic E-state index is 0.00630. The van der Waals surface area contributed by atoms with Gasteiger partial charge in [0.15, 0.2) is 17.9 Å². The van der Waals surface area contributed by atoms with Crippen LogP contribution in [-0.4, -0.2) is 144 Å². The van der Waals surface area contributed by atoms with E-state index in [-0.39, 0.29) is 48.1 Å². The highest BCUT2D eigenvalue weighted by Crippen LogP contribution is 2.39. The number of fused-ring (bicyclic) bond motifs is 2. The number of para-hydroxylation sites is 1. The van der Waals surface area contributed by atoms with Gasteiger partial charge in [-0.2, -0.15) is 13.2 Å². The number of piperidine rings is 1. The topological polar surface area (TPSA) is 196 Å². The number of phenols is 1. The van der Waals surface area contributed by atoms with Crippen molar-refractivity contribution in [3.05, 3.63) is 83.0 Å². The number of phenolic OH excluding ortho intramolecular Hbond substituents is 1. The van der Waals surface area contributed by atoms with Crippen LogP contribution in [0.15, 0.2) is 65.2 Å². The van der Waals surface area contributed by atoms with Gasteiger partial charge in [0.05, 0.1) is 38.3 Å². The van der Waals surface area contributed by atoms with Crippen molar-refractivity contribution in [1.82, 2.24) is 25.2 Å². The van der Waals surface area contributed by atoms with Crippen LogP contribution >= 0.6 is 0 Å². The molecule has 3 aliphatic heterocycles. The molecular formula is C49H61F3N6O10. The van der Waals surface area contributed by atoms with Gasteiger partial charge in [-0.05, 0) is 80.0 Å². The number of carboxylic acid groups (broad SMARTS) is 1. The molecule has 4 N–H and O–H groups in total. The minimum Gasteiger partial charge on any atom is -0.506 e. The Balaban J connectivity index is 0.000000908. The molecule has 8 rings (SSSR count). The number of anilines is 1. The molecule has 368 valence electrons. The molecule has 68 heavy (non-hydrogen) atoms. The number of benzene rings is 3. The number of morpholine rings is 1. The molecule has 4 heterocycles. The Morgan fingerprint density at radius 1 is 0.956 bits per heavy atom. The van der Waals surface area contributed by atoms with Crippen molar-refractivity contribution in [1.29, 1.82) is 0 Å².